The molecule has 0 amide bonds. The van der Waals surface area contributed by atoms with Gasteiger partial charge in [-0.3, -0.25) is 10.1 Å². The molecule has 1 aromatic rings. The third-order valence-corrected chi connectivity index (χ3v) is 1.93. The number of thioether (sulfide) groups is 1. The predicted molar refractivity (Wildman–Crippen MR) is 48.9 cm³/mol. The average molecular weight is 200 g/mol. The van der Waals surface area contributed by atoms with E-state index in [2.05, 4.69) is 9.97 Å². The van der Waals surface area contributed by atoms with E-state index in [1.807, 2.05) is 0 Å². The van der Waals surface area contributed by atoms with Crippen molar-refractivity contribution in [1.82, 2.24) is 9.97 Å². The topological polar surface area (TPSA) is 94.9 Å². The summed E-state index contributed by atoms with van der Waals surface area (Å²) in [5.74, 6) is 0.0847. The minimum Gasteiger partial charge on any atom is -0.384 e. The van der Waals surface area contributed by atoms with Crippen molar-refractivity contribution in [2.75, 3.05) is 11.6 Å². The van der Waals surface area contributed by atoms with E-state index in [0.29, 0.717) is 16.7 Å². The molecule has 1 heterocycles. The van der Waals surface area contributed by atoms with Crippen molar-refractivity contribution in [2.24, 2.45) is 0 Å². The number of nitrogens with two attached hydrogens (primary N) is 1. The van der Waals surface area contributed by atoms with Gasteiger partial charge in [0.1, 0.15) is 5.82 Å². The Morgan fingerprint density at radius 1 is 1.69 bits per heavy atom. The molecule has 0 fully saturated rings. The zero-order valence-corrected chi connectivity index (χ0v) is 7.74. The maximum Gasteiger partial charge on any atom is 0.256 e. The van der Waals surface area contributed by atoms with Crippen molar-refractivity contribution in [1.29, 1.82) is 0 Å². The van der Waals surface area contributed by atoms with Gasteiger partial charge < -0.3 is 5.73 Å². The standard InChI is InChI=1S/C6H8N4O2S/c1-4-2-5(7)9-6(8-4)13-3-10(11)12/h2H,3H2,1H3,(H2,7,8,9). The highest BCUT2D eigenvalue weighted by Crippen LogP contribution is 2.14. The van der Waals surface area contributed by atoms with Crippen LogP contribution in [0.3, 0.4) is 0 Å². The minimum absolute atomic E-state index is 0.247. The molecule has 0 aliphatic carbocycles. The first-order chi connectivity index (χ1) is 6.08. The van der Waals surface area contributed by atoms with E-state index in [1.54, 1.807) is 13.0 Å². The number of aryl methyl sites for hydroxylation is 1. The number of hydrogen-bond acceptors (Lipinski definition) is 6. The highest BCUT2D eigenvalue weighted by molar-refractivity contribution is 7.98. The number of hydrogen-bond donors (Lipinski definition) is 1. The van der Waals surface area contributed by atoms with Gasteiger partial charge in [-0.15, -0.1) is 0 Å². The first-order valence-electron chi connectivity index (χ1n) is 3.43. The summed E-state index contributed by atoms with van der Waals surface area (Å²) in [4.78, 5) is 17.4. The Hall–Kier alpha value is -1.37. The summed E-state index contributed by atoms with van der Waals surface area (Å²) in [7, 11) is 0. The molecule has 0 atom stereocenters. The first kappa shape index (κ1) is 9.72. The Kier molecular flexibility index (Phi) is 3.02. The van der Waals surface area contributed by atoms with Crippen LogP contribution < -0.4 is 5.73 Å². The van der Waals surface area contributed by atoms with Crippen LogP contribution in [-0.2, 0) is 0 Å². The minimum atomic E-state index is -0.438. The van der Waals surface area contributed by atoms with Crippen molar-refractivity contribution in [3.05, 3.63) is 21.9 Å². The molecular formula is C6H8N4O2S. The number of nitrogens with zero attached hydrogens (tertiary/aromatic N) is 3. The van der Waals surface area contributed by atoms with E-state index < -0.39 is 4.92 Å². The third-order valence-electron chi connectivity index (χ3n) is 1.15. The summed E-state index contributed by atoms with van der Waals surface area (Å²) in [5.41, 5.74) is 6.14. The molecule has 13 heavy (non-hydrogen) atoms. The van der Waals surface area contributed by atoms with Gasteiger partial charge in [0.15, 0.2) is 5.16 Å². The van der Waals surface area contributed by atoms with Crippen LogP contribution in [0.2, 0.25) is 0 Å². The molecule has 7 heteroatoms. The fourth-order valence-electron chi connectivity index (χ4n) is 0.740. The highest BCUT2D eigenvalue weighted by Gasteiger charge is 2.04. The molecule has 2 N–H and O–H groups in total. The van der Waals surface area contributed by atoms with Gasteiger partial charge in [-0.05, 0) is 18.7 Å². The Morgan fingerprint density at radius 3 is 2.92 bits per heavy atom. The van der Waals surface area contributed by atoms with Gasteiger partial charge in [-0.2, -0.15) is 0 Å². The lowest BCUT2D eigenvalue weighted by Crippen LogP contribution is -2.00. The lowest BCUT2D eigenvalue weighted by molar-refractivity contribution is -0.456. The summed E-state index contributed by atoms with van der Waals surface area (Å²) >= 11 is 0.956. The normalized spacial score (nSPS) is 9.92. The summed E-state index contributed by atoms with van der Waals surface area (Å²) in [5, 5.41) is 10.4. The van der Waals surface area contributed by atoms with Crippen LogP contribution in [0.5, 0.6) is 0 Å². The lowest BCUT2D eigenvalue weighted by atomic mass is 10.4. The second kappa shape index (κ2) is 4.04. The van der Waals surface area contributed by atoms with Gasteiger partial charge in [-0.1, -0.05) is 0 Å². The van der Waals surface area contributed by atoms with Gasteiger partial charge in [0.2, 0.25) is 0 Å². The van der Waals surface area contributed by atoms with Crippen LogP contribution >= 0.6 is 11.8 Å². The van der Waals surface area contributed by atoms with Gasteiger partial charge in [0, 0.05) is 16.7 Å². The van der Waals surface area contributed by atoms with Gasteiger partial charge in [-0.25, -0.2) is 9.97 Å². The van der Waals surface area contributed by atoms with Gasteiger partial charge in [0.25, 0.3) is 5.88 Å². The lowest BCUT2D eigenvalue weighted by Gasteiger charge is -1.98. The summed E-state index contributed by atoms with van der Waals surface area (Å²) < 4.78 is 0. The van der Waals surface area contributed by atoms with Crippen molar-refractivity contribution in [3.8, 4) is 0 Å². The molecule has 0 bridgehead atoms. The third kappa shape index (κ3) is 3.24. The van der Waals surface area contributed by atoms with Gasteiger partial charge in [0.05, 0.1) is 0 Å². The molecular weight excluding hydrogens is 192 g/mol. The number of anilines is 1. The van der Waals surface area contributed by atoms with Crippen molar-refractivity contribution in [3.63, 3.8) is 0 Å². The maximum absolute atomic E-state index is 10.0. The monoisotopic (exact) mass is 200 g/mol. The zero-order valence-electron chi connectivity index (χ0n) is 6.93. The molecule has 6 nitrogen and oxygen atoms in total. The van der Waals surface area contributed by atoms with Crippen molar-refractivity contribution >= 4 is 17.6 Å². The number of nitrogen functional groups attached to an aromatic ring is 1. The van der Waals surface area contributed by atoms with E-state index in [9.17, 15) is 10.1 Å². The Bertz CT molecular complexity index is 310. The second-order valence-electron chi connectivity index (χ2n) is 2.32. The van der Waals surface area contributed by atoms with E-state index in [4.69, 9.17) is 5.73 Å². The second-order valence-corrected chi connectivity index (χ2v) is 3.23. The number of aromatic nitrogens is 2. The molecule has 0 aliphatic rings. The fraction of sp³-hybridized carbons (Fsp3) is 0.333. The Morgan fingerprint density at radius 2 is 2.38 bits per heavy atom. The van der Waals surface area contributed by atoms with Crippen LogP contribution in [-0.4, -0.2) is 20.8 Å². The van der Waals surface area contributed by atoms with E-state index >= 15 is 0 Å². The molecule has 0 saturated carbocycles. The van der Waals surface area contributed by atoms with E-state index in [0.717, 1.165) is 11.8 Å². The Labute approximate surface area is 78.7 Å². The van der Waals surface area contributed by atoms with Crippen LogP contribution in [0.4, 0.5) is 5.82 Å². The molecule has 0 spiro atoms. The molecule has 1 aromatic heterocycles. The molecule has 0 saturated heterocycles. The molecule has 1 rings (SSSR count). The van der Waals surface area contributed by atoms with Gasteiger partial charge >= 0.3 is 0 Å². The molecule has 70 valence electrons. The zero-order chi connectivity index (χ0) is 9.84. The van der Waals surface area contributed by atoms with Crippen molar-refractivity contribution in [2.45, 2.75) is 12.1 Å². The smallest absolute Gasteiger partial charge is 0.256 e. The largest absolute Gasteiger partial charge is 0.384 e. The van der Waals surface area contributed by atoms with Crippen molar-refractivity contribution < 1.29 is 4.92 Å². The van der Waals surface area contributed by atoms with E-state index in [-0.39, 0.29) is 5.88 Å². The van der Waals surface area contributed by atoms with E-state index in [1.165, 1.54) is 0 Å². The maximum atomic E-state index is 10.0. The highest BCUT2D eigenvalue weighted by atomic mass is 32.2. The SMILES string of the molecule is Cc1cc(N)nc(SC[N+](=O)[O-])n1. The summed E-state index contributed by atoms with van der Waals surface area (Å²) in [6.07, 6.45) is 0. The average Bonchev–Trinajstić information content (AvgIpc) is 1.99. The molecule has 0 aromatic carbocycles. The van der Waals surface area contributed by atoms with Crippen LogP contribution in [0.15, 0.2) is 11.2 Å². The Balaban J connectivity index is 2.71. The first-order valence-corrected chi connectivity index (χ1v) is 4.42. The molecule has 0 aliphatic heterocycles. The molecule has 0 unspecified atom stereocenters. The van der Waals surface area contributed by atoms with Crippen LogP contribution in [0.1, 0.15) is 5.69 Å². The molecule has 0 radical (unpaired) electrons. The summed E-state index contributed by atoms with van der Waals surface area (Å²) in [6.45, 7) is 1.76. The number of nitro groups is 1. The quantitative estimate of drug-likeness (QED) is 0.253. The summed E-state index contributed by atoms with van der Waals surface area (Å²) in [6, 6.07) is 1.61. The fourth-order valence-corrected chi connectivity index (χ4v) is 1.34. The number of rotatable bonds is 3. The van der Waals surface area contributed by atoms with Crippen LogP contribution in [0, 0.1) is 17.0 Å². The predicted octanol–water partition coefficient (Wildman–Crippen LogP) is 0.694. The van der Waals surface area contributed by atoms with Crippen LogP contribution in [0.25, 0.3) is 0 Å².